The highest BCUT2D eigenvalue weighted by Crippen LogP contribution is 2.36. The molecule has 19 heavy (non-hydrogen) atoms. The third kappa shape index (κ3) is 2.09. The molecule has 0 unspecified atom stereocenters. The Morgan fingerprint density at radius 1 is 1.21 bits per heavy atom. The molecule has 0 saturated carbocycles. The van der Waals surface area contributed by atoms with Gasteiger partial charge in [-0.3, -0.25) is 9.78 Å². The number of Topliss-reactive ketones (excluding diaryl/α,β-unsaturated/α-hetero) is 1. The van der Waals surface area contributed by atoms with Gasteiger partial charge < -0.3 is 4.57 Å². The summed E-state index contributed by atoms with van der Waals surface area (Å²) >= 11 is 0. The van der Waals surface area contributed by atoms with Gasteiger partial charge in [0.1, 0.15) is 0 Å². The molecule has 0 saturated heterocycles. The number of carbonyl (C=O) groups excluding carboxylic acids is 1. The summed E-state index contributed by atoms with van der Waals surface area (Å²) in [6.07, 6.45) is 5.41. The molecular weight excluding hydrogens is 236 g/mol. The van der Waals surface area contributed by atoms with Crippen molar-refractivity contribution in [2.75, 3.05) is 0 Å². The molecule has 0 radical (unpaired) electrons. The van der Waals surface area contributed by atoms with Crippen molar-refractivity contribution >= 4 is 5.78 Å². The fourth-order valence-electron chi connectivity index (χ4n) is 2.79. The fourth-order valence-corrected chi connectivity index (χ4v) is 2.79. The highest BCUT2D eigenvalue weighted by atomic mass is 16.1. The topological polar surface area (TPSA) is 34.9 Å². The summed E-state index contributed by atoms with van der Waals surface area (Å²) in [5.41, 5.74) is 4.06. The van der Waals surface area contributed by atoms with Gasteiger partial charge in [0.15, 0.2) is 5.78 Å². The van der Waals surface area contributed by atoms with Crippen LogP contribution in [0.5, 0.6) is 0 Å². The second kappa shape index (κ2) is 4.05. The van der Waals surface area contributed by atoms with Crippen LogP contribution in [-0.2, 0) is 6.42 Å². The first-order valence-electron chi connectivity index (χ1n) is 6.63. The van der Waals surface area contributed by atoms with E-state index < -0.39 is 0 Å². The first-order valence-corrected chi connectivity index (χ1v) is 6.63. The van der Waals surface area contributed by atoms with Gasteiger partial charge in [-0.2, -0.15) is 0 Å². The van der Waals surface area contributed by atoms with E-state index in [4.69, 9.17) is 0 Å². The Bertz CT molecular complexity index is 635. The van der Waals surface area contributed by atoms with Crippen molar-refractivity contribution in [1.82, 2.24) is 9.55 Å². The third-order valence-electron chi connectivity index (χ3n) is 3.75. The molecule has 1 aliphatic rings. The first kappa shape index (κ1) is 12.2. The van der Waals surface area contributed by atoms with E-state index in [0.29, 0.717) is 6.42 Å². The van der Waals surface area contributed by atoms with Crippen molar-refractivity contribution in [3.63, 3.8) is 0 Å². The number of hydrogen-bond acceptors (Lipinski definition) is 2. The number of aryl methyl sites for hydroxylation is 1. The molecule has 0 aromatic carbocycles. The Morgan fingerprint density at radius 2 is 2.00 bits per heavy atom. The predicted molar refractivity (Wildman–Crippen MR) is 74.7 cm³/mol. The van der Waals surface area contributed by atoms with Crippen LogP contribution in [-0.4, -0.2) is 15.3 Å². The molecule has 3 heteroatoms. The van der Waals surface area contributed by atoms with Crippen molar-refractivity contribution in [3.05, 3.63) is 47.5 Å². The summed E-state index contributed by atoms with van der Waals surface area (Å²) in [5.74, 6) is 0.255. The number of hydrogen-bond donors (Lipinski definition) is 0. The molecule has 3 rings (SSSR count). The van der Waals surface area contributed by atoms with Crippen molar-refractivity contribution in [2.24, 2.45) is 5.41 Å². The average Bonchev–Trinajstić information content (AvgIpc) is 2.72. The van der Waals surface area contributed by atoms with Gasteiger partial charge >= 0.3 is 0 Å². The Hall–Kier alpha value is -1.90. The number of pyridine rings is 1. The lowest BCUT2D eigenvalue weighted by molar-refractivity contribution is 0.0911. The van der Waals surface area contributed by atoms with E-state index in [9.17, 15) is 4.79 Å². The van der Waals surface area contributed by atoms with Gasteiger partial charge in [-0.25, -0.2) is 0 Å². The molecule has 0 spiro atoms. The normalized spacial score (nSPS) is 17.3. The number of aromatic nitrogens is 2. The van der Waals surface area contributed by atoms with Crippen molar-refractivity contribution in [1.29, 1.82) is 0 Å². The molecule has 98 valence electrons. The van der Waals surface area contributed by atoms with Crippen LogP contribution in [0.4, 0.5) is 0 Å². The highest BCUT2D eigenvalue weighted by molar-refractivity contribution is 5.99. The highest BCUT2D eigenvalue weighted by Gasteiger charge is 2.33. The standard InChI is InChI=1S/C16H18N2O/c1-11-4-5-12(10-17-11)18-7-6-13-14(18)8-16(2,3)9-15(13)19/h4-7,10H,8-9H2,1-3H3. The zero-order chi connectivity index (χ0) is 13.6. The maximum atomic E-state index is 12.2. The minimum absolute atomic E-state index is 0.0400. The number of rotatable bonds is 1. The summed E-state index contributed by atoms with van der Waals surface area (Å²) in [4.78, 5) is 16.5. The fraction of sp³-hybridized carbons (Fsp3) is 0.375. The number of ketones is 1. The summed E-state index contributed by atoms with van der Waals surface area (Å²) in [7, 11) is 0. The zero-order valence-corrected chi connectivity index (χ0v) is 11.6. The minimum Gasteiger partial charge on any atom is -0.319 e. The van der Waals surface area contributed by atoms with E-state index in [2.05, 4.69) is 29.5 Å². The minimum atomic E-state index is 0.0400. The van der Waals surface area contributed by atoms with E-state index in [1.807, 2.05) is 31.5 Å². The largest absolute Gasteiger partial charge is 0.319 e. The van der Waals surface area contributed by atoms with Crippen LogP contribution in [0.2, 0.25) is 0 Å². The molecule has 0 N–H and O–H groups in total. The Labute approximate surface area is 113 Å². The lowest BCUT2D eigenvalue weighted by Gasteiger charge is -2.29. The molecule has 1 aliphatic carbocycles. The molecule has 0 bridgehead atoms. The predicted octanol–water partition coefficient (Wildman–Crippen LogP) is 3.34. The van der Waals surface area contributed by atoms with Gasteiger partial charge in [0.25, 0.3) is 0 Å². The molecular formula is C16H18N2O. The van der Waals surface area contributed by atoms with Crippen molar-refractivity contribution < 1.29 is 4.79 Å². The molecule has 0 fully saturated rings. The maximum absolute atomic E-state index is 12.2. The van der Waals surface area contributed by atoms with E-state index in [0.717, 1.165) is 29.1 Å². The lowest BCUT2D eigenvalue weighted by atomic mass is 9.76. The summed E-state index contributed by atoms with van der Waals surface area (Å²) in [5, 5.41) is 0. The number of nitrogens with zero attached hydrogens (tertiary/aromatic N) is 2. The number of fused-ring (bicyclic) bond motifs is 1. The Morgan fingerprint density at radius 3 is 2.68 bits per heavy atom. The summed E-state index contributed by atoms with van der Waals surface area (Å²) in [6, 6.07) is 5.99. The quantitative estimate of drug-likeness (QED) is 0.782. The van der Waals surface area contributed by atoms with Gasteiger partial charge in [-0.1, -0.05) is 13.8 Å². The molecule has 3 nitrogen and oxygen atoms in total. The monoisotopic (exact) mass is 254 g/mol. The van der Waals surface area contributed by atoms with E-state index in [1.54, 1.807) is 0 Å². The van der Waals surface area contributed by atoms with Crippen LogP contribution in [0.15, 0.2) is 30.6 Å². The van der Waals surface area contributed by atoms with Crippen LogP contribution < -0.4 is 0 Å². The van der Waals surface area contributed by atoms with E-state index >= 15 is 0 Å². The molecule has 0 aliphatic heterocycles. The average molecular weight is 254 g/mol. The van der Waals surface area contributed by atoms with Crippen LogP contribution >= 0.6 is 0 Å². The van der Waals surface area contributed by atoms with Gasteiger partial charge in [0.2, 0.25) is 0 Å². The Balaban J connectivity index is 2.11. The summed E-state index contributed by atoms with van der Waals surface area (Å²) < 4.78 is 2.10. The van der Waals surface area contributed by atoms with Gasteiger partial charge in [0.05, 0.1) is 11.9 Å². The van der Waals surface area contributed by atoms with Gasteiger partial charge in [-0.15, -0.1) is 0 Å². The van der Waals surface area contributed by atoms with E-state index in [1.165, 1.54) is 0 Å². The maximum Gasteiger partial charge on any atom is 0.165 e. The SMILES string of the molecule is Cc1ccc(-n2ccc3c2CC(C)(C)CC3=O)cn1. The van der Waals surface area contributed by atoms with Crippen LogP contribution in [0.25, 0.3) is 5.69 Å². The first-order chi connectivity index (χ1) is 8.96. The third-order valence-corrected chi connectivity index (χ3v) is 3.75. The van der Waals surface area contributed by atoms with Crippen molar-refractivity contribution in [3.8, 4) is 5.69 Å². The molecule has 2 aromatic heterocycles. The second-order valence-electron chi connectivity index (χ2n) is 6.14. The second-order valence-corrected chi connectivity index (χ2v) is 6.14. The Kier molecular flexibility index (Phi) is 2.59. The van der Waals surface area contributed by atoms with Crippen LogP contribution in [0.1, 0.15) is 42.0 Å². The van der Waals surface area contributed by atoms with E-state index in [-0.39, 0.29) is 11.2 Å². The number of carbonyl (C=O) groups is 1. The lowest BCUT2D eigenvalue weighted by Crippen LogP contribution is -2.27. The van der Waals surface area contributed by atoms with Gasteiger partial charge in [-0.05, 0) is 37.0 Å². The molecule has 0 amide bonds. The summed E-state index contributed by atoms with van der Waals surface area (Å²) in [6.45, 7) is 6.28. The van der Waals surface area contributed by atoms with Crippen LogP contribution in [0, 0.1) is 12.3 Å². The smallest absolute Gasteiger partial charge is 0.165 e. The van der Waals surface area contributed by atoms with Crippen LogP contribution in [0.3, 0.4) is 0 Å². The zero-order valence-electron chi connectivity index (χ0n) is 11.6. The molecule has 2 aromatic rings. The molecule has 0 atom stereocenters. The molecule has 2 heterocycles. The van der Waals surface area contributed by atoms with Crippen molar-refractivity contribution in [2.45, 2.75) is 33.6 Å². The van der Waals surface area contributed by atoms with Gasteiger partial charge in [0, 0.05) is 29.6 Å².